The van der Waals surface area contributed by atoms with Crippen molar-refractivity contribution < 1.29 is 81.4 Å². The van der Waals surface area contributed by atoms with Crippen LogP contribution in [0.4, 0.5) is 0 Å². The normalized spacial score (nSPS) is 12.7. The summed E-state index contributed by atoms with van der Waals surface area (Å²) in [6.07, 6.45) is -1.36. The molecule has 1 unspecified atom stereocenters. The third-order valence-corrected chi connectivity index (χ3v) is 1.19. The topological polar surface area (TPSA) is 89.8 Å². The second-order valence-corrected chi connectivity index (χ2v) is 3.35. The average molecular weight is 203 g/mol. The average Bonchev–Trinajstić information content (AvgIpc) is 1.59. The van der Waals surface area contributed by atoms with Gasteiger partial charge in [0.15, 0.2) is 0 Å². The van der Waals surface area contributed by atoms with E-state index in [0.717, 1.165) is 0 Å². The molecule has 11 heavy (non-hydrogen) atoms. The van der Waals surface area contributed by atoms with Crippen LogP contribution in [-0.2, 0) is 4.57 Å². The summed E-state index contributed by atoms with van der Waals surface area (Å²) in [5, 5.41) is 10.6. The van der Waals surface area contributed by atoms with E-state index in [0.29, 0.717) is 0 Å². The molecule has 0 aliphatic carbocycles. The first-order valence-corrected chi connectivity index (χ1v) is 4.17. The molecule has 0 radical (unpaired) electrons. The Morgan fingerprint density at radius 1 is 1.55 bits per heavy atom. The van der Waals surface area contributed by atoms with Gasteiger partial charge in [0.25, 0.3) is 0 Å². The first-order valence-electron chi connectivity index (χ1n) is 2.38. The van der Waals surface area contributed by atoms with Gasteiger partial charge in [0, 0.05) is 0 Å². The predicted molar refractivity (Wildman–Crippen MR) is 34.0 cm³/mol. The summed E-state index contributed by atoms with van der Waals surface area (Å²) in [4.78, 5) is 16.4. The SMILES string of the molecule is CC(O)NCP(=O)(O)O.[H-].[H-].[Na+].[Na+]. The maximum absolute atomic E-state index is 10.1. The van der Waals surface area contributed by atoms with Crippen molar-refractivity contribution in [1.82, 2.24) is 5.32 Å². The van der Waals surface area contributed by atoms with E-state index in [1.807, 2.05) is 0 Å². The van der Waals surface area contributed by atoms with Crippen LogP contribution in [0.5, 0.6) is 0 Å². The molecule has 8 heteroatoms. The van der Waals surface area contributed by atoms with Gasteiger partial charge in [-0.05, 0) is 6.92 Å². The van der Waals surface area contributed by atoms with Gasteiger partial charge in [0.2, 0.25) is 0 Å². The first kappa shape index (κ1) is 18.8. The van der Waals surface area contributed by atoms with Crippen molar-refractivity contribution in [3.8, 4) is 0 Å². The smallest absolute Gasteiger partial charge is 1.00 e. The molecule has 1 atom stereocenters. The van der Waals surface area contributed by atoms with Crippen molar-refractivity contribution in [1.29, 1.82) is 0 Å². The fourth-order valence-corrected chi connectivity index (χ4v) is 0.753. The number of aliphatic hydroxyl groups is 1. The molecule has 5 nitrogen and oxygen atoms in total. The van der Waals surface area contributed by atoms with Crippen molar-refractivity contribution in [2.75, 3.05) is 6.29 Å². The molecule has 0 amide bonds. The van der Waals surface area contributed by atoms with E-state index in [4.69, 9.17) is 14.9 Å². The van der Waals surface area contributed by atoms with Gasteiger partial charge in [0.05, 0.1) is 0 Å². The summed E-state index contributed by atoms with van der Waals surface area (Å²) in [6, 6.07) is 0. The second-order valence-electron chi connectivity index (χ2n) is 1.70. The van der Waals surface area contributed by atoms with Gasteiger partial charge >= 0.3 is 66.7 Å². The first-order chi connectivity index (χ1) is 3.92. The Morgan fingerprint density at radius 3 is 2.00 bits per heavy atom. The number of hydrogen-bond donors (Lipinski definition) is 4. The Bertz CT molecular complexity index is 135. The maximum Gasteiger partial charge on any atom is 1.00 e. The predicted octanol–water partition coefficient (Wildman–Crippen LogP) is -6.72. The standard InChI is InChI=1S/C3H10NO4P.2Na.2H/c1-3(5)4-2-9(6,7)8;;;;/h3-5H,2H2,1H3,(H2,6,7,8);;;;/q;2*+1;2*-1. The fraction of sp³-hybridized carbons (Fsp3) is 1.00. The summed E-state index contributed by atoms with van der Waals surface area (Å²) >= 11 is 0. The van der Waals surface area contributed by atoms with Crippen LogP contribution in [0.25, 0.3) is 0 Å². The van der Waals surface area contributed by atoms with Gasteiger partial charge in [-0.25, -0.2) is 0 Å². The van der Waals surface area contributed by atoms with Crippen LogP contribution >= 0.6 is 7.60 Å². The molecule has 0 rings (SSSR count). The molecular weight excluding hydrogens is 191 g/mol. The minimum Gasteiger partial charge on any atom is -1.00 e. The third kappa shape index (κ3) is 18.8. The van der Waals surface area contributed by atoms with E-state index < -0.39 is 20.1 Å². The molecule has 0 saturated carbocycles. The molecule has 0 bridgehead atoms. The maximum atomic E-state index is 10.1. The number of aliphatic hydroxyl groups excluding tert-OH is 1. The summed E-state index contributed by atoms with van der Waals surface area (Å²) in [5.74, 6) is 0. The Balaban J connectivity index is -0.0000000533. The van der Waals surface area contributed by atoms with Crippen molar-refractivity contribution in [3.63, 3.8) is 0 Å². The van der Waals surface area contributed by atoms with Crippen molar-refractivity contribution >= 4 is 7.60 Å². The molecule has 0 spiro atoms. The Morgan fingerprint density at radius 2 is 1.91 bits per heavy atom. The van der Waals surface area contributed by atoms with Gasteiger partial charge in [-0.15, -0.1) is 0 Å². The van der Waals surface area contributed by atoms with Gasteiger partial charge < -0.3 is 17.7 Å². The van der Waals surface area contributed by atoms with E-state index in [2.05, 4.69) is 5.32 Å². The van der Waals surface area contributed by atoms with Gasteiger partial charge in [0.1, 0.15) is 12.5 Å². The molecule has 0 fully saturated rings. The van der Waals surface area contributed by atoms with Crippen LogP contribution in [0.3, 0.4) is 0 Å². The molecule has 0 aromatic heterocycles. The zero-order valence-electron chi connectivity index (χ0n) is 8.98. The van der Waals surface area contributed by atoms with Crippen LogP contribution in [0, 0.1) is 0 Å². The molecule has 4 N–H and O–H groups in total. The summed E-state index contributed by atoms with van der Waals surface area (Å²) in [5.41, 5.74) is 0. The number of rotatable bonds is 3. The zero-order chi connectivity index (χ0) is 7.49. The van der Waals surface area contributed by atoms with Gasteiger partial charge in [-0.1, -0.05) is 0 Å². The third-order valence-electron chi connectivity index (χ3n) is 0.593. The Kier molecular flexibility index (Phi) is 14.8. The molecule has 0 aromatic carbocycles. The van der Waals surface area contributed by atoms with Crippen molar-refractivity contribution in [2.24, 2.45) is 0 Å². The largest absolute Gasteiger partial charge is 1.00 e. The van der Waals surface area contributed by atoms with E-state index >= 15 is 0 Å². The minimum absolute atomic E-state index is 0. The van der Waals surface area contributed by atoms with Crippen LogP contribution in [0.2, 0.25) is 0 Å². The summed E-state index contributed by atoms with van der Waals surface area (Å²) in [6.45, 7) is 1.38. The minimum atomic E-state index is -3.99. The van der Waals surface area contributed by atoms with E-state index in [1.165, 1.54) is 6.92 Å². The van der Waals surface area contributed by atoms with Gasteiger partial charge in [-0.2, -0.15) is 0 Å². The molecule has 0 heterocycles. The summed E-state index contributed by atoms with van der Waals surface area (Å²) in [7, 11) is -3.99. The van der Waals surface area contributed by atoms with Crippen LogP contribution < -0.4 is 64.4 Å². The molecule has 0 aromatic rings. The zero-order valence-corrected chi connectivity index (χ0v) is 11.9. The van der Waals surface area contributed by atoms with Gasteiger partial charge in [-0.3, -0.25) is 9.88 Å². The quantitative estimate of drug-likeness (QED) is 0.208. The molecule has 0 aliphatic rings. The molecule has 60 valence electrons. The Hall–Kier alpha value is 2.07. The van der Waals surface area contributed by atoms with E-state index in [1.54, 1.807) is 0 Å². The van der Waals surface area contributed by atoms with E-state index in [-0.39, 0.29) is 62.0 Å². The number of nitrogens with one attached hydrogen (secondary N) is 1. The van der Waals surface area contributed by atoms with Crippen molar-refractivity contribution in [2.45, 2.75) is 13.2 Å². The van der Waals surface area contributed by atoms with E-state index in [9.17, 15) is 4.57 Å². The van der Waals surface area contributed by atoms with Crippen LogP contribution in [0.15, 0.2) is 0 Å². The fourth-order valence-electron chi connectivity index (χ4n) is 0.251. The molecule has 0 saturated heterocycles. The Labute approximate surface area is 113 Å². The monoisotopic (exact) mass is 203 g/mol. The van der Waals surface area contributed by atoms with Crippen molar-refractivity contribution in [3.05, 3.63) is 0 Å². The van der Waals surface area contributed by atoms with Crippen LogP contribution in [-0.4, -0.2) is 27.4 Å². The molecular formula is C3H12NNa2O4P. The second kappa shape index (κ2) is 8.66. The molecule has 0 aliphatic heterocycles. The van der Waals surface area contributed by atoms with Crippen LogP contribution in [0.1, 0.15) is 9.78 Å². The summed E-state index contributed by atoms with van der Waals surface area (Å²) < 4.78 is 10.1. The number of hydrogen-bond acceptors (Lipinski definition) is 3.